The van der Waals surface area contributed by atoms with Gasteiger partial charge in [-0.3, -0.25) is 4.79 Å². The summed E-state index contributed by atoms with van der Waals surface area (Å²) in [6, 6.07) is 0. The van der Waals surface area contributed by atoms with Gasteiger partial charge in [0.2, 0.25) is 5.91 Å². The maximum Gasteiger partial charge on any atom is 0.262 e. The maximum absolute atomic E-state index is 12.6. The molecule has 1 aromatic rings. The van der Waals surface area contributed by atoms with Crippen molar-refractivity contribution in [3.8, 4) is 0 Å². The van der Waals surface area contributed by atoms with Gasteiger partial charge in [0, 0.05) is 32.4 Å². The fourth-order valence-corrected chi connectivity index (χ4v) is 4.76. The topological polar surface area (TPSA) is 75.5 Å². The van der Waals surface area contributed by atoms with Crippen LogP contribution in [0.15, 0.2) is 17.6 Å². The minimum atomic E-state index is -3.53. The van der Waals surface area contributed by atoms with Crippen LogP contribution in [0.3, 0.4) is 0 Å². The van der Waals surface area contributed by atoms with E-state index in [0.29, 0.717) is 19.0 Å². The Morgan fingerprint density at radius 2 is 1.83 bits per heavy atom. The Morgan fingerprint density at radius 1 is 1.17 bits per heavy atom. The van der Waals surface area contributed by atoms with Crippen molar-refractivity contribution in [2.75, 3.05) is 26.2 Å². The zero-order valence-corrected chi connectivity index (χ0v) is 15.0. The maximum atomic E-state index is 12.6. The molecular formula is C16H26N4O3S. The van der Waals surface area contributed by atoms with Gasteiger partial charge in [-0.15, -0.1) is 0 Å². The van der Waals surface area contributed by atoms with Crippen molar-refractivity contribution < 1.29 is 13.2 Å². The van der Waals surface area contributed by atoms with Crippen LogP contribution in [0.1, 0.15) is 39.0 Å². The first kappa shape index (κ1) is 17.4. The van der Waals surface area contributed by atoms with E-state index in [2.05, 4.69) is 11.9 Å². The molecule has 3 heterocycles. The Kier molecular flexibility index (Phi) is 5.24. The molecule has 0 spiro atoms. The molecule has 2 fully saturated rings. The summed E-state index contributed by atoms with van der Waals surface area (Å²) >= 11 is 0. The highest BCUT2D eigenvalue weighted by Crippen LogP contribution is 2.19. The molecule has 0 atom stereocenters. The number of carbonyl (C=O) groups excluding carboxylic acids is 1. The van der Waals surface area contributed by atoms with Crippen molar-refractivity contribution >= 4 is 15.9 Å². The summed E-state index contributed by atoms with van der Waals surface area (Å²) in [5.74, 6) is 0.699. The molecule has 1 aromatic heterocycles. The lowest BCUT2D eigenvalue weighted by atomic mass is 9.99. The summed E-state index contributed by atoms with van der Waals surface area (Å²) < 4.78 is 28.2. The first-order valence-electron chi connectivity index (χ1n) is 8.76. The molecule has 7 nitrogen and oxygen atoms in total. The SMILES string of the molecule is CC1CCN(C(=O)Cn2cnc(S(=O)(=O)N3CCCCC3)c2)CC1. The van der Waals surface area contributed by atoms with E-state index in [9.17, 15) is 13.2 Å². The molecule has 0 aliphatic carbocycles. The largest absolute Gasteiger partial charge is 0.341 e. The summed E-state index contributed by atoms with van der Waals surface area (Å²) in [6.45, 7) is 5.04. The van der Waals surface area contributed by atoms with Gasteiger partial charge >= 0.3 is 0 Å². The molecular weight excluding hydrogens is 328 g/mol. The van der Waals surface area contributed by atoms with Gasteiger partial charge in [-0.2, -0.15) is 4.31 Å². The Hall–Kier alpha value is -1.41. The first-order valence-corrected chi connectivity index (χ1v) is 10.2. The zero-order valence-electron chi connectivity index (χ0n) is 14.2. The van der Waals surface area contributed by atoms with Crippen molar-refractivity contribution in [1.29, 1.82) is 0 Å². The number of aromatic nitrogens is 2. The molecule has 2 aliphatic heterocycles. The number of nitrogens with zero attached hydrogens (tertiary/aromatic N) is 4. The molecule has 1 amide bonds. The third kappa shape index (κ3) is 3.80. The summed E-state index contributed by atoms with van der Waals surface area (Å²) in [7, 11) is -3.53. The molecule has 2 saturated heterocycles. The van der Waals surface area contributed by atoms with Gasteiger partial charge in [0.1, 0.15) is 6.54 Å². The number of piperidine rings is 2. The summed E-state index contributed by atoms with van der Waals surface area (Å²) in [4.78, 5) is 18.2. The lowest BCUT2D eigenvalue weighted by Crippen LogP contribution is -2.39. The third-order valence-corrected chi connectivity index (χ3v) is 6.77. The van der Waals surface area contributed by atoms with Crippen LogP contribution in [0.4, 0.5) is 0 Å². The molecule has 2 aliphatic rings. The highest BCUT2D eigenvalue weighted by molar-refractivity contribution is 7.89. The Bertz CT molecular complexity index is 671. The molecule has 134 valence electrons. The van der Waals surface area contributed by atoms with Crippen LogP contribution in [0, 0.1) is 5.92 Å². The summed E-state index contributed by atoms with van der Waals surface area (Å²) in [5, 5.41) is 0.0458. The van der Waals surface area contributed by atoms with Gasteiger partial charge in [-0.05, 0) is 31.6 Å². The molecule has 0 radical (unpaired) electrons. The number of imidazole rings is 1. The van der Waals surface area contributed by atoms with Gasteiger partial charge in [-0.25, -0.2) is 13.4 Å². The van der Waals surface area contributed by atoms with Crippen LogP contribution < -0.4 is 0 Å². The van der Waals surface area contributed by atoms with Crippen molar-refractivity contribution in [3.63, 3.8) is 0 Å². The second-order valence-corrected chi connectivity index (χ2v) is 8.80. The van der Waals surface area contributed by atoms with Crippen molar-refractivity contribution in [1.82, 2.24) is 18.8 Å². The quantitative estimate of drug-likeness (QED) is 0.817. The number of amides is 1. The minimum absolute atomic E-state index is 0.0289. The van der Waals surface area contributed by atoms with E-state index in [0.717, 1.165) is 45.2 Å². The Labute approximate surface area is 143 Å². The van der Waals surface area contributed by atoms with Crippen LogP contribution in [0.5, 0.6) is 0 Å². The number of hydrogen-bond donors (Lipinski definition) is 0. The molecule has 24 heavy (non-hydrogen) atoms. The fraction of sp³-hybridized carbons (Fsp3) is 0.750. The normalized spacial score (nSPS) is 21.1. The van der Waals surface area contributed by atoms with E-state index in [1.54, 1.807) is 4.57 Å². The summed E-state index contributed by atoms with van der Waals surface area (Å²) in [5.41, 5.74) is 0. The van der Waals surface area contributed by atoms with Crippen molar-refractivity contribution in [2.45, 2.75) is 50.6 Å². The smallest absolute Gasteiger partial charge is 0.262 e. The lowest BCUT2D eigenvalue weighted by molar-refractivity contribution is -0.133. The van der Waals surface area contributed by atoms with E-state index < -0.39 is 10.0 Å². The van der Waals surface area contributed by atoms with Crippen LogP contribution in [0.25, 0.3) is 0 Å². The van der Waals surface area contributed by atoms with Crippen molar-refractivity contribution in [2.24, 2.45) is 5.92 Å². The van der Waals surface area contributed by atoms with E-state index in [4.69, 9.17) is 0 Å². The predicted octanol–water partition coefficient (Wildman–Crippen LogP) is 1.32. The monoisotopic (exact) mass is 354 g/mol. The number of rotatable bonds is 4. The molecule has 0 unspecified atom stereocenters. The fourth-order valence-electron chi connectivity index (χ4n) is 3.31. The predicted molar refractivity (Wildman–Crippen MR) is 89.8 cm³/mol. The van der Waals surface area contributed by atoms with E-state index in [1.165, 1.54) is 16.8 Å². The number of likely N-dealkylation sites (tertiary alicyclic amines) is 1. The molecule has 0 saturated carbocycles. The molecule has 0 bridgehead atoms. The van der Waals surface area contributed by atoms with Gasteiger partial charge in [0.25, 0.3) is 10.0 Å². The van der Waals surface area contributed by atoms with Crippen LogP contribution in [-0.4, -0.2) is 59.3 Å². The van der Waals surface area contributed by atoms with Crippen LogP contribution >= 0.6 is 0 Å². The van der Waals surface area contributed by atoms with Crippen LogP contribution in [0.2, 0.25) is 0 Å². The van der Waals surface area contributed by atoms with E-state index >= 15 is 0 Å². The highest BCUT2D eigenvalue weighted by atomic mass is 32.2. The Morgan fingerprint density at radius 3 is 2.50 bits per heavy atom. The number of hydrogen-bond acceptors (Lipinski definition) is 4. The molecule has 0 aromatic carbocycles. The molecule has 8 heteroatoms. The van der Waals surface area contributed by atoms with Gasteiger partial charge in [-0.1, -0.05) is 13.3 Å². The van der Waals surface area contributed by atoms with E-state index in [-0.39, 0.29) is 17.5 Å². The number of carbonyl (C=O) groups is 1. The van der Waals surface area contributed by atoms with Gasteiger partial charge in [0.05, 0.1) is 6.33 Å². The van der Waals surface area contributed by atoms with Crippen LogP contribution in [-0.2, 0) is 21.4 Å². The number of sulfonamides is 1. The summed E-state index contributed by atoms with van der Waals surface area (Å²) in [6.07, 6.45) is 7.85. The zero-order chi connectivity index (χ0) is 17.2. The van der Waals surface area contributed by atoms with Gasteiger partial charge < -0.3 is 9.47 Å². The lowest BCUT2D eigenvalue weighted by Gasteiger charge is -2.30. The first-order chi connectivity index (χ1) is 11.5. The van der Waals surface area contributed by atoms with Crippen molar-refractivity contribution in [3.05, 3.63) is 12.5 Å². The van der Waals surface area contributed by atoms with E-state index in [1.807, 2.05) is 4.90 Å². The minimum Gasteiger partial charge on any atom is -0.341 e. The standard InChI is InChI=1S/C16H26N4O3S/c1-14-5-9-19(10-6-14)16(21)12-18-11-15(17-13-18)24(22,23)20-7-3-2-4-8-20/h11,13-14H,2-10,12H2,1H3. The second kappa shape index (κ2) is 7.23. The molecule has 0 N–H and O–H groups in total. The second-order valence-electron chi connectivity index (χ2n) is 6.91. The average Bonchev–Trinajstić information content (AvgIpc) is 3.05. The molecule has 3 rings (SSSR count). The Balaban J connectivity index is 1.63. The average molecular weight is 354 g/mol. The third-order valence-electron chi connectivity index (χ3n) is 4.98. The van der Waals surface area contributed by atoms with Gasteiger partial charge in [0.15, 0.2) is 5.03 Å². The highest BCUT2D eigenvalue weighted by Gasteiger charge is 2.28.